The summed E-state index contributed by atoms with van der Waals surface area (Å²) in [6.45, 7) is 7.17. The highest BCUT2D eigenvalue weighted by Gasteiger charge is 2.60. The molecule has 16 heavy (non-hydrogen) atoms. The van der Waals surface area contributed by atoms with Crippen LogP contribution in [0.2, 0.25) is 0 Å². The molecule has 2 aliphatic rings. The number of rotatable bonds is 2. The summed E-state index contributed by atoms with van der Waals surface area (Å²) in [7, 11) is 0. The van der Waals surface area contributed by atoms with Crippen LogP contribution >= 0.6 is 15.9 Å². The average Bonchev–Trinajstić information content (AvgIpc) is 2.82. The number of hydrogen-bond acceptors (Lipinski definition) is 1. The van der Waals surface area contributed by atoms with E-state index in [2.05, 4.69) is 58.9 Å². The molecule has 2 fully saturated rings. The molecule has 1 nitrogen and oxygen atoms in total. The molecule has 1 aromatic carbocycles. The largest absolute Gasteiger partial charge is 0.300 e. The van der Waals surface area contributed by atoms with Crippen LogP contribution in [0.25, 0.3) is 0 Å². The molecule has 0 amide bonds. The van der Waals surface area contributed by atoms with Crippen LogP contribution in [-0.4, -0.2) is 24.0 Å². The van der Waals surface area contributed by atoms with Gasteiger partial charge in [0.1, 0.15) is 0 Å². The lowest BCUT2D eigenvalue weighted by atomic mass is 9.95. The lowest BCUT2D eigenvalue weighted by Crippen LogP contribution is -2.32. The van der Waals surface area contributed by atoms with Gasteiger partial charge in [0, 0.05) is 29.0 Å². The minimum atomic E-state index is 0.505. The van der Waals surface area contributed by atoms with E-state index in [0.717, 1.165) is 5.92 Å². The molecule has 3 rings (SSSR count). The highest BCUT2D eigenvalue weighted by Crippen LogP contribution is 2.59. The molecule has 1 aliphatic heterocycles. The van der Waals surface area contributed by atoms with E-state index in [1.807, 2.05) is 0 Å². The summed E-state index contributed by atoms with van der Waals surface area (Å²) in [5.74, 6) is 0.913. The van der Waals surface area contributed by atoms with Crippen LogP contribution in [0.5, 0.6) is 0 Å². The molecule has 0 spiro atoms. The number of fused-ring (bicyclic) bond motifs is 1. The summed E-state index contributed by atoms with van der Waals surface area (Å²) >= 11 is 3.51. The molecule has 0 bridgehead atoms. The summed E-state index contributed by atoms with van der Waals surface area (Å²) < 4.78 is 1.18. The van der Waals surface area contributed by atoms with Crippen LogP contribution in [0.3, 0.4) is 0 Å². The molecule has 1 aliphatic carbocycles. The minimum absolute atomic E-state index is 0.505. The van der Waals surface area contributed by atoms with Crippen molar-refractivity contribution in [3.05, 3.63) is 34.3 Å². The molecule has 0 unspecified atom stereocenters. The number of piperidine rings is 1. The second-order valence-electron chi connectivity index (χ2n) is 5.59. The quantitative estimate of drug-likeness (QED) is 0.802. The second-order valence-corrected chi connectivity index (χ2v) is 6.50. The molecule has 0 radical (unpaired) electrons. The molecule has 2 atom stereocenters. The summed E-state index contributed by atoms with van der Waals surface area (Å²) in [5, 5.41) is 0. The fourth-order valence-corrected chi connectivity index (χ4v) is 3.41. The summed E-state index contributed by atoms with van der Waals surface area (Å²) in [4.78, 5) is 2.62. The highest BCUT2D eigenvalue weighted by molar-refractivity contribution is 9.10. The number of hydrogen-bond donors (Lipinski definition) is 0. The Morgan fingerprint density at radius 1 is 1.31 bits per heavy atom. The third-order valence-corrected chi connectivity index (χ3v) is 4.85. The Hall–Kier alpha value is -0.340. The van der Waals surface area contributed by atoms with Crippen molar-refractivity contribution in [2.75, 3.05) is 13.1 Å². The Labute approximate surface area is 106 Å². The number of nitrogens with zero attached hydrogens (tertiary/aromatic N) is 1. The molecule has 1 heterocycles. The molecule has 0 N–H and O–H groups in total. The first-order chi connectivity index (χ1) is 7.62. The number of likely N-dealkylation sites (tertiary alicyclic amines) is 1. The van der Waals surface area contributed by atoms with Gasteiger partial charge in [-0.2, -0.15) is 0 Å². The van der Waals surface area contributed by atoms with Crippen molar-refractivity contribution in [1.29, 1.82) is 0 Å². The van der Waals surface area contributed by atoms with Crippen LogP contribution in [0, 0.1) is 5.92 Å². The van der Waals surface area contributed by atoms with Gasteiger partial charge in [-0.1, -0.05) is 28.1 Å². The molecule has 86 valence electrons. The Morgan fingerprint density at radius 2 is 2.00 bits per heavy atom. The minimum Gasteiger partial charge on any atom is -0.300 e. The van der Waals surface area contributed by atoms with Crippen LogP contribution in [0.1, 0.15) is 25.8 Å². The van der Waals surface area contributed by atoms with Gasteiger partial charge in [-0.05, 0) is 43.9 Å². The molecule has 0 aromatic heterocycles. The van der Waals surface area contributed by atoms with Crippen molar-refractivity contribution in [3.63, 3.8) is 0 Å². The van der Waals surface area contributed by atoms with E-state index in [9.17, 15) is 0 Å². The third kappa shape index (κ3) is 1.54. The van der Waals surface area contributed by atoms with E-state index in [1.54, 1.807) is 5.56 Å². The fourth-order valence-electron chi connectivity index (χ4n) is 3.14. The first kappa shape index (κ1) is 10.8. The Morgan fingerprint density at radius 3 is 2.56 bits per heavy atom. The maximum atomic E-state index is 3.51. The zero-order valence-electron chi connectivity index (χ0n) is 9.91. The van der Waals surface area contributed by atoms with Gasteiger partial charge < -0.3 is 0 Å². The number of benzene rings is 1. The zero-order chi connectivity index (χ0) is 11.3. The van der Waals surface area contributed by atoms with Gasteiger partial charge in [0.15, 0.2) is 0 Å². The SMILES string of the molecule is CC(C)N1C[C@@H]2C[C@]2(c2ccc(Br)cc2)C1. The third-order valence-electron chi connectivity index (χ3n) is 4.32. The molecule has 1 saturated heterocycles. The predicted octanol–water partition coefficient (Wildman–Crippen LogP) is 3.43. The highest BCUT2D eigenvalue weighted by atomic mass is 79.9. The van der Waals surface area contributed by atoms with Crippen LogP contribution in [0.15, 0.2) is 28.7 Å². The topological polar surface area (TPSA) is 3.24 Å². The Bertz CT molecular complexity index is 398. The summed E-state index contributed by atoms with van der Waals surface area (Å²) in [6, 6.07) is 9.65. The Balaban J connectivity index is 1.84. The van der Waals surface area contributed by atoms with Gasteiger partial charge >= 0.3 is 0 Å². The molecule has 1 saturated carbocycles. The first-order valence-electron chi connectivity index (χ1n) is 6.12. The molecular formula is C14H18BrN. The smallest absolute Gasteiger partial charge is 0.0175 e. The first-order valence-corrected chi connectivity index (χ1v) is 6.91. The van der Waals surface area contributed by atoms with Crippen LogP contribution < -0.4 is 0 Å². The van der Waals surface area contributed by atoms with Gasteiger partial charge in [-0.25, -0.2) is 0 Å². The summed E-state index contributed by atoms with van der Waals surface area (Å²) in [6.07, 6.45) is 1.40. The predicted molar refractivity (Wildman–Crippen MR) is 70.6 cm³/mol. The normalized spacial score (nSPS) is 33.1. The lowest BCUT2D eigenvalue weighted by molar-refractivity contribution is 0.243. The van der Waals surface area contributed by atoms with Crippen molar-refractivity contribution in [3.8, 4) is 0 Å². The average molecular weight is 280 g/mol. The van der Waals surface area contributed by atoms with Crippen molar-refractivity contribution in [2.45, 2.75) is 31.7 Å². The summed E-state index contributed by atoms with van der Waals surface area (Å²) in [5.41, 5.74) is 2.05. The zero-order valence-corrected chi connectivity index (χ0v) is 11.5. The van der Waals surface area contributed by atoms with Gasteiger partial charge in [0.25, 0.3) is 0 Å². The van der Waals surface area contributed by atoms with Gasteiger partial charge in [-0.3, -0.25) is 4.90 Å². The van der Waals surface area contributed by atoms with E-state index in [4.69, 9.17) is 0 Å². The molecule has 1 aromatic rings. The monoisotopic (exact) mass is 279 g/mol. The Kier molecular flexibility index (Phi) is 2.41. The lowest BCUT2D eigenvalue weighted by Gasteiger charge is -2.24. The van der Waals surface area contributed by atoms with E-state index in [0.29, 0.717) is 11.5 Å². The maximum Gasteiger partial charge on any atom is 0.0175 e. The van der Waals surface area contributed by atoms with Crippen molar-refractivity contribution >= 4 is 15.9 Å². The van der Waals surface area contributed by atoms with Gasteiger partial charge in [-0.15, -0.1) is 0 Å². The van der Waals surface area contributed by atoms with Crippen molar-refractivity contribution in [1.82, 2.24) is 4.90 Å². The molecule has 2 heteroatoms. The van der Waals surface area contributed by atoms with E-state index < -0.39 is 0 Å². The van der Waals surface area contributed by atoms with Crippen molar-refractivity contribution in [2.24, 2.45) is 5.92 Å². The van der Waals surface area contributed by atoms with Crippen LogP contribution in [-0.2, 0) is 5.41 Å². The fraction of sp³-hybridized carbons (Fsp3) is 0.571. The maximum absolute atomic E-state index is 3.51. The standard InChI is InChI=1S/C14H18BrN/c1-10(2)16-8-12-7-14(12,9-16)11-3-5-13(15)6-4-11/h3-6,10,12H,7-9H2,1-2H3/t12-,14+/m0/s1. The van der Waals surface area contributed by atoms with Crippen molar-refractivity contribution < 1.29 is 0 Å². The second kappa shape index (κ2) is 3.58. The van der Waals surface area contributed by atoms with Crippen LogP contribution in [0.4, 0.5) is 0 Å². The van der Waals surface area contributed by atoms with Gasteiger partial charge in [0.2, 0.25) is 0 Å². The van der Waals surface area contributed by atoms with E-state index in [-0.39, 0.29) is 0 Å². The van der Waals surface area contributed by atoms with E-state index in [1.165, 1.54) is 24.0 Å². The molecular weight excluding hydrogens is 262 g/mol. The van der Waals surface area contributed by atoms with Gasteiger partial charge in [0.05, 0.1) is 0 Å². The van der Waals surface area contributed by atoms with E-state index >= 15 is 0 Å². The number of halogens is 1.